The predicted molar refractivity (Wildman–Crippen MR) is 27.9 cm³/mol. The lowest BCUT2D eigenvalue weighted by Gasteiger charge is -2.15. The third-order valence-corrected chi connectivity index (χ3v) is 0.869. The van der Waals surface area contributed by atoms with Crippen molar-refractivity contribution in [2.45, 2.75) is 24.9 Å². The minimum Gasteiger partial charge on any atom is -0.481 e. The van der Waals surface area contributed by atoms with E-state index in [2.05, 4.69) is 0 Å². The van der Waals surface area contributed by atoms with Gasteiger partial charge in [-0.2, -0.15) is 13.2 Å². The molecule has 0 aromatic heterocycles. The monoisotopic (exact) mass is 192 g/mol. The fourth-order valence-corrected chi connectivity index (χ4v) is 0.577. The molecule has 12 heavy (non-hydrogen) atoms. The van der Waals surface area contributed by atoms with Gasteiger partial charge in [0.15, 0.2) is 0 Å². The van der Waals surface area contributed by atoms with Crippen molar-refractivity contribution in [1.82, 2.24) is 0 Å². The first-order valence-electron chi connectivity index (χ1n) is 2.79. The van der Waals surface area contributed by atoms with Crippen LogP contribution in [0.15, 0.2) is 0 Å². The predicted octanol–water partition coefficient (Wildman–Crippen LogP) is 2.05. The molecule has 0 aliphatic rings. The highest BCUT2D eigenvalue weighted by Crippen LogP contribution is 2.33. The molecule has 1 N–H and O–H groups in total. The first-order chi connectivity index (χ1) is 5.12. The van der Waals surface area contributed by atoms with E-state index in [0.717, 1.165) is 0 Å². The Hall–Kier alpha value is -0.880. The van der Waals surface area contributed by atoms with E-state index in [1.807, 2.05) is 0 Å². The summed E-state index contributed by atoms with van der Waals surface area (Å²) in [5.74, 6) is -6.17. The molecule has 0 radical (unpaired) electrons. The standard InChI is InChI=1S/C5H5F5O2/c6-4(7,1-3(11)12)2-5(8,9)10/h1-2H2,(H,11,12). The van der Waals surface area contributed by atoms with Gasteiger partial charge in [0.25, 0.3) is 5.92 Å². The Balaban J connectivity index is 4.13. The molecule has 2 nitrogen and oxygen atoms in total. The van der Waals surface area contributed by atoms with Crippen LogP contribution in [0.1, 0.15) is 12.8 Å². The van der Waals surface area contributed by atoms with Crippen molar-refractivity contribution in [1.29, 1.82) is 0 Å². The molecule has 0 bridgehead atoms. The maximum atomic E-state index is 12.1. The van der Waals surface area contributed by atoms with Gasteiger partial charge in [0.2, 0.25) is 0 Å². The van der Waals surface area contributed by atoms with Gasteiger partial charge in [-0.1, -0.05) is 0 Å². The molecule has 0 saturated heterocycles. The molecule has 0 amide bonds. The van der Waals surface area contributed by atoms with Crippen LogP contribution in [0.2, 0.25) is 0 Å². The van der Waals surface area contributed by atoms with E-state index in [0.29, 0.717) is 0 Å². The maximum Gasteiger partial charge on any atom is 0.394 e. The number of aliphatic carboxylic acids is 1. The summed E-state index contributed by atoms with van der Waals surface area (Å²) in [6.07, 6.45) is -9.24. The Labute approximate surface area is 64.0 Å². The minimum absolute atomic E-state index is 1.80. The van der Waals surface area contributed by atoms with Crippen LogP contribution >= 0.6 is 0 Å². The third-order valence-electron chi connectivity index (χ3n) is 0.869. The molecule has 7 heteroatoms. The van der Waals surface area contributed by atoms with Crippen LogP contribution in [0.4, 0.5) is 22.0 Å². The van der Waals surface area contributed by atoms with Crippen LogP contribution in [-0.2, 0) is 4.79 Å². The number of carbonyl (C=O) groups is 1. The van der Waals surface area contributed by atoms with Gasteiger partial charge in [-0.05, 0) is 0 Å². The van der Waals surface area contributed by atoms with E-state index in [-0.39, 0.29) is 0 Å². The molecule has 0 unspecified atom stereocenters. The molecular weight excluding hydrogens is 187 g/mol. The van der Waals surface area contributed by atoms with Crippen LogP contribution in [0.25, 0.3) is 0 Å². The molecule has 0 aliphatic heterocycles. The molecule has 0 aliphatic carbocycles. The smallest absolute Gasteiger partial charge is 0.394 e. The lowest BCUT2D eigenvalue weighted by Crippen LogP contribution is -2.28. The Morgan fingerprint density at radius 3 is 1.83 bits per heavy atom. The summed E-state index contributed by atoms with van der Waals surface area (Å²) in [6, 6.07) is 0. The molecule has 0 spiro atoms. The van der Waals surface area contributed by atoms with E-state index >= 15 is 0 Å². The Morgan fingerprint density at radius 2 is 1.58 bits per heavy atom. The van der Waals surface area contributed by atoms with Crippen LogP contribution in [0.5, 0.6) is 0 Å². The SMILES string of the molecule is O=C(O)CC(F)(F)CC(F)(F)F. The van der Waals surface area contributed by atoms with Crippen molar-refractivity contribution in [3.63, 3.8) is 0 Å². The van der Waals surface area contributed by atoms with Crippen molar-refractivity contribution in [2.24, 2.45) is 0 Å². The van der Waals surface area contributed by atoms with Crippen molar-refractivity contribution >= 4 is 5.97 Å². The largest absolute Gasteiger partial charge is 0.481 e. The molecule has 0 aromatic rings. The molecule has 0 atom stereocenters. The lowest BCUT2D eigenvalue weighted by atomic mass is 10.1. The second-order valence-electron chi connectivity index (χ2n) is 2.22. The van der Waals surface area contributed by atoms with Gasteiger partial charge in [0.1, 0.15) is 12.8 Å². The number of hydrogen-bond donors (Lipinski definition) is 1. The Kier molecular flexibility index (Phi) is 3.00. The van der Waals surface area contributed by atoms with Crippen molar-refractivity contribution < 1.29 is 31.9 Å². The molecular formula is C5H5F5O2. The molecule has 0 aromatic carbocycles. The summed E-state index contributed by atoms with van der Waals surface area (Å²) in [4.78, 5) is 9.65. The average molecular weight is 192 g/mol. The minimum atomic E-state index is -5.04. The van der Waals surface area contributed by atoms with E-state index in [4.69, 9.17) is 5.11 Å². The van der Waals surface area contributed by atoms with Gasteiger partial charge in [-0.3, -0.25) is 4.79 Å². The third kappa shape index (κ3) is 5.87. The number of alkyl halides is 5. The average Bonchev–Trinajstić information content (AvgIpc) is 1.48. The van der Waals surface area contributed by atoms with Crippen LogP contribution in [-0.4, -0.2) is 23.2 Å². The molecule has 72 valence electrons. The molecule has 0 saturated carbocycles. The normalized spacial score (nSPS) is 13.1. The molecule has 0 fully saturated rings. The summed E-state index contributed by atoms with van der Waals surface area (Å²) in [5, 5.41) is 7.80. The van der Waals surface area contributed by atoms with Gasteiger partial charge in [0.05, 0.1) is 0 Å². The summed E-state index contributed by atoms with van der Waals surface area (Å²) in [5.41, 5.74) is 0. The van der Waals surface area contributed by atoms with E-state index in [9.17, 15) is 26.7 Å². The zero-order chi connectivity index (χ0) is 9.99. The van der Waals surface area contributed by atoms with E-state index < -0.39 is 30.9 Å². The second-order valence-corrected chi connectivity index (χ2v) is 2.22. The summed E-state index contributed by atoms with van der Waals surface area (Å²) >= 11 is 0. The summed E-state index contributed by atoms with van der Waals surface area (Å²) in [7, 11) is 0. The first-order valence-corrected chi connectivity index (χ1v) is 2.79. The number of halogens is 5. The van der Waals surface area contributed by atoms with Crippen LogP contribution in [0.3, 0.4) is 0 Å². The second kappa shape index (κ2) is 3.24. The molecule has 0 rings (SSSR count). The Morgan fingerprint density at radius 1 is 1.17 bits per heavy atom. The van der Waals surface area contributed by atoms with Crippen molar-refractivity contribution in [3.8, 4) is 0 Å². The zero-order valence-corrected chi connectivity index (χ0v) is 5.66. The van der Waals surface area contributed by atoms with Gasteiger partial charge in [-0.15, -0.1) is 0 Å². The molecule has 0 heterocycles. The number of carboxylic acids is 1. The van der Waals surface area contributed by atoms with Crippen LogP contribution < -0.4 is 0 Å². The van der Waals surface area contributed by atoms with E-state index in [1.54, 1.807) is 0 Å². The maximum absolute atomic E-state index is 12.1. The zero-order valence-electron chi connectivity index (χ0n) is 5.66. The van der Waals surface area contributed by atoms with Crippen molar-refractivity contribution in [2.75, 3.05) is 0 Å². The highest BCUT2D eigenvalue weighted by atomic mass is 19.4. The summed E-state index contributed by atoms with van der Waals surface area (Å²) in [6.45, 7) is 0. The Bertz CT molecular complexity index is 173. The van der Waals surface area contributed by atoms with Gasteiger partial charge < -0.3 is 5.11 Å². The van der Waals surface area contributed by atoms with Gasteiger partial charge in [0, 0.05) is 0 Å². The first kappa shape index (κ1) is 11.1. The fraction of sp³-hybridized carbons (Fsp3) is 0.800. The fourth-order valence-electron chi connectivity index (χ4n) is 0.577. The number of rotatable bonds is 3. The van der Waals surface area contributed by atoms with Gasteiger partial charge in [-0.25, -0.2) is 8.78 Å². The number of hydrogen-bond acceptors (Lipinski definition) is 1. The highest BCUT2D eigenvalue weighted by molar-refractivity contribution is 5.67. The van der Waals surface area contributed by atoms with Gasteiger partial charge >= 0.3 is 12.1 Å². The highest BCUT2D eigenvalue weighted by Gasteiger charge is 2.44. The van der Waals surface area contributed by atoms with Crippen molar-refractivity contribution in [3.05, 3.63) is 0 Å². The summed E-state index contributed by atoms with van der Waals surface area (Å²) < 4.78 is 58.1. The number of carboxylic acid groups (broad SMARTS) is 1. The quantitative estimate of drug-likeness (QED) is 0.694. The van der Waals surface area contributed by atoms with Crippen LogP contribution in [0, 0.1) is 0 Å². The topological polar surface area (TPSA) is 37.3 Å². The lowest BCUT2D eigenvalue weighted by molar-refractivity contribution is -0.192. The van der Waals surface area contributed by atoms with E-state index in [1.165, 1.54) is 0 Å².